The van der Waals surface area contributed by atoms with Crippen LogP contribution in [0.15, 0.2) is 48.5 Å². The number of hydrogen-bond acceptors (Lipinski definition) is 6. The molecule has 1 aliphatic heterocycles. The van der Waals surface area contributed by atoms with Crippen LogP contribution in [0, 0.1) is 0 Å². The van der Waals surface area contributed by atoms with Gasteiger partial charge in [0.1, 0.15) is 12.6 Å². The van der Waals surface area contributed by atoms with Crippen molar-refractivity contribution in [2.75, 3.05) is 33.8 Å². The standard InChI is InChI=1S/C26H31N3O6/c1-28(2)13-16-11-17(30)14-29(16)25(33)23(12-24(31)32)27-26(34)35-15-22-20-9-5-3-7-18(20)19-8-4-6-10-21(19)22/h3-10,16-17,22-23,30H,11-15H2,1-2H3,(H,27,34)(H,31,32). The zero-order valence-corrected chi connectivity index (χ0v) is 19.9. The molecule has 1 heterocycles. The molecule has 1 fully saturated rings. The number of carbonyl (C=O) groups excluding carboxylic acids is 2. The fourth-order valence-electron chi connectivity index (χ4n) is 5.11. The number of nitrogens with one attached hydrogen (secondary N) is 1. The molecule has 1 aliphatic carbocycles. The third-order valence-corrected chi connectivity index (χ3v) is 6.56. The second-order valence-corrected chi connectivity index (χ2v) is 9.42. The van der Waals surface area contributed by atoms with Crippen LogP contribution in [0.5, 0.6) is 0 Å². The van der Waals surface area contributed by atoms with E-state index in [9.17, 15) is 24.6 Å². The van der Waals surface area contributed by atoms with Crippen LogP contribution < -0.4 is 5.32 Å². The number of amides is 2. The highest BCUT2D eigenvalue weighted by Crippen LogP contribution is 2.44. The summed E-state index contributed by atoms with van der Waals surface area (Å²) in [6.45, 7) is 0.674. The van der Waals surface area contributed by atoms with Gasteiger partial charge in [-0.25, -0.2) is 4.79 Å². The lowest BCUT2D eigenvalue weighted by molar-refractivity contribution is -0.143. The predicted octanol–water partition coefficient (Wildman–Crippen LogP) is 1.89. The molecule has 0 bridgehead atoms. The molecule has 4 rings (SSSR count). The van der Waals surface area contributed by atoms with Crippen molar-refractivity contribution in [2.24, 2.45) is 0 Å². The molecule has 2 amide bonds. The first-order chi connectivity index (χ1) is 16.7. The molecule has 9 heteroatoms. The van der Waals surface area contributed by atoms with Crippen LogP contribution >= 0.6 is 0 Å². The first-order valence-electron chi connectivity index (χ1n) is 11.7. The second-order valence-electron chi connectivity index (χ2n) is 9.42. The van der Waals surface area contributed by atoms with Crippen molar-refractivity contribution in [1.82, 2.24) is 15.1 Å². The number of carbonyl (C=O) groups is 3. The average molecular weight is 482 g/mol. The van der Waals surface area contributed by atoms with Crippen LogP contribution in [0.25, 0.3) is 11.1 Å². The van der Waals surface area contributed by atoms with Crippen LogP contribution in [0.2, 0.25) is 0 Å². The molecule has 0 radical (unpaired) electrons. The number of aliphatic carboxylic acids is 1. The molecule has 0 aromatic heterocycles. The minimum atomic E-state index is -1.29. The summed E-state index contributed by atoms with van der Waals surface area (Å²) in [5.41, 5.74) is 4.29. The maximum Gasteiger partial charge on any atom is 0.407 e. The Bertz CT molecular complexity index is 1060. The van der Waals surface area contributed by atoms with E-state index in [1.807, 2.05) is 67.5 Å². The maximum absolute atomic E-state index is 13.2. The third kappa shape index (κ3) is 5.47. The fraction of sp³-hybridized carbons (Fsp3) is 0.423. The summed E-state index contributed by atoms with van der Waals surface area (Å²) in [4.78, 5) is 40.7. The van der Waals surface area contributed by atoms with Crippen LogP contribution in [0.4, 0.5) is 4.79 Å². The number of likely N-dealkylation sites (N-methyl/N-ethyl adjacent to an activating group) is 1. The van der Waals surface area contributed by atoms with E-state index < -0.39 is 36.5 Å². The normalized spacial score (nSPS) is 19.8. The Morgan fingerprint density at radius 2 is 1.69 bits per heavy atom. The number of fused-ring (bicyclic) bond motifs is 3. The molecule has 186 valence electrons. The van der Waals surface area contributed by atoms with Crippen molar-refractivity contribution in [3.05, 3.63) is 59.7 Å². The number of carboxylic acid groups (broad SMARTS) is 1. The van der Waals surface area contributed by atoms with Gasteiger partial charge in [-0.1, -0.05) is 48.5 Å². The monoisotopic (exact) mass is 481 g/mol. The summed E-state index contributed by atoms with van der Waals surface area (Å²) < 4.78 is 5.51. The molecule has 35 heavy (non-hydrogen) atoms. The Hall–Kier alpha value is -3.43. The van der Waals surface area contributed by atoms with Gasteiger partial charge >= 0.3 is 12.1 Å². The number of rotatable bonds is 8. The Labute approximate surface area is 204 Å². The van der Waals surface area contributed by atoms with Gasteiger partial charge in [-0.15, -0.1) is 0 Å². The minimum absolute atomic E-state index is 0.0551. The van der Waals surface area contributed by atoms with Crippen LogP contribution in [-0.4, -0.2) is 90.0 Å². The summed E-state index contributed by atoms with van der Waals surface area (Å²) in [7, 11) is 3.72. The number of carboxylic acids is 1. The predicted molar refractivity (Wildman–Crippen MR) is 129 cm³/mol. The van der Waals surface area contributed by atoms with Crippen LogP contribution in [0.1, 0.15) is 29.9 Å². The third-order valence-electron chi connectivity index (χ3n) is 6.56. The highest BCUT2D eigenvalue weighted by atomic mass is 16.5. The Morgan fingerprint density at radius 1 is 1.09 bits per heavy atom. The smallest absolute Gasteiger partial charge is 0.407 e. The first kappa shape index (κ1) is 24.7. The number of ether oxygens (including phenoxy) is 1. The topological polar surface area (TPSA) is 119 Å². The van der Waals surface area contributed by atoms with Gasteiger partial charge in [0, 0.05) is 25.0 Å². The number of hydrogen-bond donors (Lipinski definition) is 3. The van der Waals surface area contributed by atoms with Crippen molar-refractivity contribution < 1.29 is 29.3 Å². The molecular weight excluding hydrogens is 450 g/mol. The number of aliphatic hydroxyl groups is 1. The number of aliphatic hydroxyl groups excluding tert-OH is 1. The zero-order chi connectivity index (χ0) is 25.1. The highest BCUT2D eigenvalue weighted by molar-refractivity contribution is 5.89. The molecule has 3 atom stereocenters. The Kier molecular flexibility index (Phi) is 7.37. The van der Waals surface area contributed by atoms with E-state index in [0.29, 0.717) is 13.0 Å². The Morgan fingerprint density at radius 3 is 2.26 bits per heavy atom. The van der Waals surface area contributed by atoms with Crippen molar-refractivity contribution in [3.8, 4) is 11.1 Å². The van der Waals surface area contributed by atoms with E-state index in [4.69, 9.17) is 4.74 Å². The lowest BCUT2D eigenvalue weighted by Gasteiger charge is -2.30. The summed E-state index contributed by atoms with van der Waals surface area (Å²) >= 11 is 0. The number of alkyl carbamates (subject to hydrolysis) is 1. The number of nitrogens with zero attached hydrogens (tertiary/aromatic N) is 2. The molecule has 0 spiro atoms. The van der Waals surface area contributed by atoms with E-state index in [1.54, 1.807) is 0 Å². The molecule has 3 unspecified atom stereocenters. The van der Waals surface area contributed by atoms with E-state index in [-0.39, 0.29) is 25.1 Å². The maximum atomic E-state index is 13.2. The van der Waals surface area contributed by atoms with Gasteiger partial charge in [0.15, 0.2) is 0 Å². The summed E-state index contributed by atoms with van der Waals surface area (Å²) in [5.74, 6) is -1.91. The van der Waals surface area contributed by atoms with Gasteiger partial charge in [0.25, 0.3) is 0 Å². The van der Waals surface area contributed by atoms with Gasteiger partial charge < -0.3 is 30.1 Å². The van der Waals surface area contributed by atoms with Crippen molar-refractivity contribution in [2.45, 2.75) is 36.9 Å². The van der Waals surface area contributed by atoms with Gasteiger partial charge in [0.2, 0.25) is 5.91 Å². The molecule has 9 nitrogen and oxygen atoms in total. The Balaban J connectivity index is 1.44. The molecule has 2 aromatic rings. The van der Waals surface area contributed by atoms with Gasteiger partial charge in [0.05, 0.1) is 12.5 Å². The average Bonchev–Trinajstić information content (AvgIpc) is 3.33. The molecule has 2 aromatic carbocycles. The molecular formula is C26H31N3O6. The van der Waals surface area contributed by atoms with Gasteiger partial charge in [-0.3, -0.25) is 9.59 Å². The fourth-order valence-corrected chi connectivity index (χ4v) is 5.11. The first-order valence-corrected chi connectivity index (χ1v) is 11.7. The number of benzene rings is 2. The summed E-state index contributed by atoms with van der Waals surface area (Å²) in [5, 5.41) is 21.9. The van der Waals surface area contributed by atoms with Gasteiger partial charge in [-0.05, 0) is 42.8 Å². The van der Waals surface area contributed by atoms with Crippen molar-refractivity contribution in [3.63, 3.8) is 0 Å². The van der Waals surface area contributed by atoms with E-state index in [2.05, 4.69) is 5.32 Å². The van der Waals surface area contributed by atoms with Gasteiger partial charge in [-0.2, -0.15) is 0 Å². The van der Waals surface area contributed by atoms with E-state index >= 15 is 0 Å². The second kappa shape index (κ2) is 10.5. The lowest BCUT2D eigenvalue weighted by atomic mass is 9.98. The van der Waals surface area contributed by atoms with E-state index in [0.717, 1.165) is 22.3 Å². The van der Waals surface area contributed by atoms with Crippen LogP contribution in [-0.2, 0) is 14.3 Å². The molecule has 2 aliphatic rings. The summed E-state index contributed by atoms with van der Waals surface area (Å²) in [6.07, 6.45) is -1.72. The van der Waals surface area contributed by atoms with Crippen molar-refractivity contribution in [1.29, 1.82) is 0 Å². The quantitative estimate of drug-likeness (QED) is 0.527. The largest absolute Gasteiger partial charge is 0.481 e. The lowest BCUT2D eigenvalue weighted by Crippen LogP contribution is -2.52. The number of β-amino-alcohol motifs (C(OH)–C–C–N with tert-alkyl or cyclic N) is 1. The zero-order valence-electron chi connectivity index (χ0n) is 19.9. The minimum Gasteiger partial charge on any atom is -0.481 e. The SMILES string of the molecule is CN(C)CC1CC(O)CN1C(=O)C(CC(=O)O)NC(=O)OCC1c2ccccc2-c2ccccc21. The van der Waals surface area contributed by atoms with Crippen molar-refractivity contribution >= 4 is 18.0 Å². The highest BCUT2D eigenvalue weighted by Gasteiger charge is 2.39. The summed E-state index contributed by atoms with van der Waals surface area (Å²) in [6, 6.07) is 14.3. The van der Waals surface area contributed by atoms with E-state index in [1.165, 1.54) is 4.90 Å². The number of likely N-dealkylation sites (tertiary alicyclic amines) is 1. The van der Waals surface area contributed by atoms with Crippen LogP contribution in [0.3, 0.4) is 0 Å². The molecule has 3 N–H and O–H groups in total. The molecule has 0 saturated carbocycles. The molecule has 1 saturated heterocycles.